The number of pyridine rings is 1. The van der Waals surface area contributed by atoms with Gasteiger partial charge in [0, 0.05) is 16.5 Å². The van der Waals surface area contributed by atoms with Gasteiger partial charge in [-0.3, -0.25) is 4.98 Å². The van der Waals surface area contributed by atoms with E-state index in [0.717, 1.165) is 21.5 Å². The molecule has 1 heterocycles. The Labute approximate surface area is 131 Å². The molecule has 2 aromatic carbocycles. The Morgan fingerprint density at radius 3 is 2.90 bits per heavy atom. The summed E-state index contributed by atoms with van der Waals surface area (Å²) in [5, 5.41) is 10.6. The fourth-order valence-electron chi connectivity index (χ4n) is 1.96. The monoisotopic (exact) mass is 311 g/mol. The van der Waals surface area contributed by atoms with Crippen molar-refractivity contribution < 1.29 is 0 Å². The van der Waals surface area contributed by atoms with Crippen molar-refractivity contribution in [2.24, 2.45) is 0 Å². The lowest BCUT2D eigenvalue weighted by Crippen LogP contribution is -1.91. The van der Waals surface area contributed by atoms with Gasteiger partial charge in [-0.25, -0.2) is 0 Å². The van der Waals surface area contributed by atoms with Crippen molar-refractivity contribution in [3.63, 3.8) is 0 Å². The van der Waals surface area contributed by atoms with E-state index in [1.54, 1.807) is 12.3 Å². The Hall–Kier alpha value is -2.22. The molecule has 0 unspecified atom stereocenters. The van der Waals surface area contributed by atoms with Crippen molar-refractivity contribution in [3.05, 3.63) is 65.3 Å². The average molecular weight is 312 g/mol. The van der Waals surface area contributed by atoms with Gasteiger partial charge in [-0.05, 0) is 42.3 Å². The second-order valence-electron chi connectivity index (χ2n) is 4.34. The van der Waals surface area contributed by atoms with Gasteiger partial charge in [0.15, 0.2) is 0 Å². The first-order valence-electron chi connectivity index (χ1n) is 6.24. The van der Waals surface area contributed by atoms with E-state index in [0.29, 0.717) is 10.6 Å². The van der Waals surface area contributed by atoms with E-state index in [-0.39, 0.29) is 0 Å². The number of rotatable bonds is 3. The number of anilines is 1. The molecule has 0 saturated heterocycles. The first kappa shape index (κ1) is 13.7. The zero-order chi connectivity index (χ0) is 14.7. The lowest BCUT2D eigenvalue weighted by molar-refractivity contribution is 1.40. The van der Waals surface area contributed by atoms with Crippen molar-refractivity contribution in [1.29, 1.82) is 5.26 Å². The molecule has 0 saturated carbocycles. The number of benzene rings is 2. The molecule has 0 radical (unpaired) electrons. The first-order chi connectivity index (χ1) is 10.3. The van der Waals surface area contributed by atoms with E-state index >= 15 is 0 Å². The fourth-order valence-corrected chi connectivity index (χ4v) is 2.97. The average Bonchev–Trinajstić information content (AvgIpc) is 2.54. The Kier molecular flexibility index (Phi) is 3.96. The van der Waals surface area contributed by atoms with Crippen LogP contribution in [0.2, 0.25) is 5.02 Å². The van der Waals surface area contributed by atoms with Crippen molar-refractivity contribution in [2.75, 3.05) is 4.72 Å². The topological polar surface area (TPSA) is 48.7 Å². The molecule has 1 N–H and O–H groups in total. The molecular weight excluding hydrogens is 302 g/mol. The summed E-state index contributed by atoms with van der Waals surface area (Å²) in [7, 11) is 0. The molecule has 3 rings (SSSR count). The summed E-state index contributed by atoms with van der Waals surface area (Å²) in [5.41, 5.74) is 2.24. The minimum Gasteiger partial charge on any atom is -0.323 e. The zero-order valence-corrected chi connectivity index (χ0v) is 12.4. The van der Waals surface area contributed by atoms with Crippen LogP contribution in [0.5, 0.6) is 0 Å². The summed E-state index contributed by atoms with van der Waals surface area (Å²) in [6.07, 6.45) is 1.74. The largest absolute Gasteiger partial charge is 0.323 e. The molecule has 102 valence electrons. The van der Waals surface area contributed by atoms with E-state index in [4.69, 9.17) is 16.9 Å². The van der Waals surface area contributed by atoms with Crippen LogP contribution in [0.3, 0.4) is 0 Å². The van der Waals surface area contributed by atoms with E-state index < -0.39 is 0 Å². The fraction of sp³-hybridized carbons (Fsp3) is 0. The van der Waals surface area contributed by atoms with Crippen LogP contribution >= 0.6 is 23.5 Å². The van der Waals surface area contributed by atoms with Gasteiger partial charge in [-0.15, -0.1) is 0 Å². The summed E-state index contributed by atoms with van der Waals surface area (Å²) in [6, 6.07) is 17.2. The summed E-state index contributed by atoms with van der Waals surface area (Å²) in [6.45, 7) is 0. The van der Waals surface area contributed by atoms with Gasteiger partial charge >= 0.3 is 0 Å². The number of nitriles is 1. The quantitative estimate of drug-likeness (QED) is 0.700. The van der Waals surface area contributed by atoms with Crippen LogP contribution in [-0.2, 0) is 0 Å². The van der Waals surface area contributed by atoms with Crippen molar-refractivity contribution in [3.8, 4) is 6.07 Å². The van der Waals surface area contributed by atoms with Crippen LogP contribution < -0.4 is 4.72 Å². The molecule has 5 heteroatoms. The summed E-state index contributed by atoms with van der Waals surface area (Å²) in [4.78, 5) is 5.32. The SMILES string of the molecule is N#Cc1cccc(SNc2c(Cl)ccc3cccnc23)c1. The van der Waals surface area contributed by atoms with Crippen LogP contribution in [-0.4, -0.2) is 4.98 Å². The third-order valence-corrected chi connectivity index (χ3v) is 4.07. The standard InChI is InChI=1S/C16H10ClN3S/c17-14-7-6-12-4-2-8-19-15(12)16(14)20-21-13-5-1-3-11(9-13)10-18/h1-9,20H. The number of nitrogens with zero attached hydrogens (tertiary/aromatic N) is 2. The Morgan fingerprint density at radius 1 is 1.14 bits per heavy atom. The first-order valence-corrected chi connectivity index (χ1v) is 7.43. The molecular formula is C16H10ClN3S. The third kappa shape index (κ3) is 2.94. The van der Waals surface area contributed by atoms with Gasteiger partial charge in [0.1, 0.15) is 0 Å². The maximum atomic E-state index is 8.92. The molecule has 3 nitrogen and oxygen atoms in total. The highest BCUT2D eigenvalue weighted by molar-refractivity contribution is 8.00. The minimum absolute atomic E-state index is 0.616. The maximum Gasteiger partial charge on any atom is 0.0992 e. The number of nitrogens with one attached hydrogen (secondary N) is 1. The zero-order valence-electron chi connectivity index (χ0n) is 10.9. The highest BCUT2D eigenvalue weighted by atomic mass is 35.5. The number of halogens is 1. The molecule has 0 aliphatic carbocycles. The summed E-state index contributed by atoms with van der Waals surface area (Å²) in [5.74, 6) is 0. The van der Waals surface area contributed by atoms with Crippen molar-refractivity contribution >= 4 is 40.1 Å². The molecule has 1 aromatic heterocycles. The number of hydrogen-bond donors (Lipinski definition) is 1. The van der Waals surface area contributed by atoms with E-state index in [1.165, 1.54) is 11.9 Å². The number of hydrogen-bond acceptors (Lipinski definition) is 4. The highest BCUT2D eigenvalue weighted by Gasteiger charge is 2.07. The maximum absolute atomic E-state index is 8.92. The van der Waals surface area contributed by atoms with Crippen molar-refractivity contribution in [2.45, 2.75) is 4.90 Å². The summed E-state index contributed by atoms with van der Waals surface area (Å²) < 4.78 is 3.24. The molecule has 0 fully saturated rings. The van der Waals surface area contributed by atoms with Crippen LogP contribution in [0.4, 0.5) is 5.69 Å². The van der Waals surface area contributed by atoms with Gasteiger partial charge in [0.2, 0.25) is 0 Å². The predicted octanol–water partition coefficient (Wildman–Crippen LogP) is 4.88. The van der Waals surface area contributed by atoms with Crippen LogP contribution in [0.1, 0.15) is 5.56 Å². The van der Waals surface area contributed by atoms with Gasteiger partial charge in [-0.1, -0.05) is 29.8 Å². The highest BCUT2D eigenvalue weighted by Crippen LogP contribution is 2.33. The predicted molar refractivity (Wildman–Crippen MR) is 87.4 cm³/mol. The molecule has 0 atom stereocenters. The summed E-state index contributed by atoms with van der Waals surface area (Å²) >= 11 is 7.67. The molecule has 0 bridgehead atoms. The van der Waals surface area contributed by atoms with Crippen LogP contribution in [0, 0.1) is 11.3 Å². The van der Waals surface area contributed by atoms with Crippen LogP contribution in [0.25, 0.3) is 10.9 Å². The molecule has 0 spiro atoms. The second-order valence-corrected chi connectivity index (χ2v) is 5.63. The molecule has 21 heavy (non-hydrogen) atoms. The Bertz CT molecular complexity index is 842. The number of fused-ring (bicyclic) bond motifs is 1. The van der Waals surface area contributed by atoms with Gasteiger partial charge in [0.05, 0.1) is 27.9 Å². The minimum atomic E-state index is 0.616. The van der Waals surface area contributed by atoms with Gasteiger partial charge in [-0.2, -0.15) is 5.26 Å². The molecule has 0 aliphatic rings. The second kappa shape index (κ2) is 6.04. The molecule has 3 aromatic rings. The van der Waals surface area contributed by atoms with E-state index in [1.807, 2.05) is 42.5 Å². The normalized spacial score (nSPS) is 10.3. The van der Waals surface area contributed by atoms with Crippen LogP contribution in [0.15, 0.2) is 59.6 Å². The van der Waals surface area contributed by atoms with E-state index in [9.17, 15) is 0 Å². The van der Waals surface area contributed by atoms with E-state index in [2.05, 4.69) is 15.8 Å². The van der Waals surface area contributed by atoms with Gasteiger partial charge < -0.3 is 4.72 Å². The third-order valence-electron chi connectivity index (χ3n) is 2.96. The van der Waals surface area contributed by atoms with Gasteiger partial charge in [0.25, 0.3) is 0 Å². The Morgan fingerprint density at radius 2 is 2.05 bits per heavy atom. The number of aromatic nitrogens is 1. The lowest BCUT2D eigenvalue weighted by atomic mass is 10.2. The smallest absolute Gasteiger partial charge is 0.0992 e. The molecule has 0 aliphatic heterocycles. The Balaban J connectivity index is 1.91. The lowest BCUT2D eigenvalue weighted by Gasteiger charge is -2.10. The molecule has 0 amide bonds. The van der Waals surface area contributed by atoms with Crippen molar-refractivity contribution in [1.82, 2.24) is 4.98 Å².